The molecule has 1 heterocycles. The van der Waals surface area contributed by atoms with Gasteiger partial charge in [0.25, 0.3) is 0 Å². The van der Waals surface area contributed by atoms with Crippen molar-refractivity contribution in [1.82, 2.24) is 10.2 Å². The normalized spacial score (nSPS) is 11.8. The molecule has 0 fully saturated rings. The van der Waals surface area contributed by atoms with E-state index in [9.17, 15) is 9.18 Å². The quantitative estimate of drug-likeness (QED) is 0.635. The van der Waals surface area contributed by atoms with Crippen molar-refractivity contribution in [2.24, 2.45) is 5.92 Å². The van der Waals surface area contributed by atoms with Crippen LogP contribution in [0.25, 0.3) is 10.8 Å². The molecule has 1 unspecified atom stereocenters. The highest BCUT2D eigenvalue weighted by Crippen LogP contribution is 2.22. The molecular weight excluding hydrogens is 343 g/mol. The van der Waals surface area contributed by atoms with Gasteiger partial charge < -0.3 is 10.6 Å². The summed E-state index contributed by atoms with van der Waals surface area (Å²) >= 11 is 0. The molecule has 0 saturated carbocycles. The number of allylic oxidation sites excluding steroid dienone is 1. The van der Waals surface area contributed by atoms with Gasteiger partial charge in [-0.1, -0.05) is 37.8 Å². The van der Waals surface area contributed by atoms with E-state index in [0.29, 0.717) is 24.3 Å². The highest BCUT2D eigenvalue weighted by molar-refractivity contribution is 5.92. The molecule has 0 aliphatic heterocycles. The van der Waals surface area contributed by atoms with Crippen molar-refractivity contribution in [3.8, 4) is 0 Å². The van der Waals surface area contributed by atoms with Crippen molar-refractivity contribution in [2.45, 2.75) is 19.8 Å². The van der Waals surface area contributed by atoms with Gasteiger partial charge in [-0.25, -0.2) is 4.39 Å². The number of carbonyl (C=O) groups excluding carboxylic acids is 1. The average Bonchev–Trinajstić information content (AvgIpc) is 2.68. The molecule has 6 heteroatoms. The number of amides is 1. The predicted octanol–water partition coefficient (Wildman–Crippen LogP) is 4.75. The molecule has 1 aromatic heterocycles. The highest BCUT2D eigenvalue weighted by Gasteiger charge is 2.14. The third kappa shape index (κ3) is 4.88. The van der Waals surface area contributed by atoms with E-state index in [4.69, 9.17) is 0 Å². The number of halogens is 1. The lowest BCUT2D eigenvalue weighted by molar-refractivity contribution is -0.119. The summed E-state index contributed by atoms with van der Waals surface area (Å²) in [7, 11) is 0. The van der Waals surface area contributed by atoms with Crippen LogP contribution in [0.1, 0.15) is 19.8 Å². The summed E-state index contributed by atoms with van der Waals surface area (Å²) in [4.78, 5) is 12.3. The fraction of sp³-hybridized carbons (Fsp3) is 0.190. The van der Waals surface area contributed by atoms with E-state index < -0.39 is 0 Å². The van der Waals surface area contributed by atoms with Gasteiger partial charge in [-0.3, -0.25) is 4.79 Å². The molecule has 0 aliphatic carbocycles. The zero-order chi connectivity index (χ0) is 19.2. The Hall–Kier alpha value is -3.28. The number of hydrogen-bond acceptors (Lipinski definition) is 4. The Labute approximate surface area is 157 Å². The molecule has 1 amide bonds. The maximum Gasteiger partial charge on any atom is 0.227 e. The maximum atomic E-state index is 12.9. The van der Waals surface area contributed by atoms with Gasteiger partial charge in [0.15, 0.2) is 5.82 Å². The first kappa shape index (κ1) is 18.5. The van der Waals surface area contributed by atoms with Crippen LogP contribution in [-0.2, 0) is 4.79 Å². The van der Waals surface area contributed by atoms with Crippen molar-refractivity contribution < 1.29 is 9.18 Å². The van der Waals surface area contributed by atoms with Gasteiger partial charge in [-0.05, 0) is 37.1 Å². The Morgan fingerprint density at radius 1 is 1.15 bits per heavy atom. The molecule has 3 rings (SSSR count). The van der Waals surface area contributed by atoms with Gasteiger partial charge in [0.2, 0.25) is 5.91 Å². The van der Waals surface area contributed by atoms with Crippen LogP contribution in [0, 0.1) is 11.7 Å². The van der Waals surface area contributed by atoms with Crippen molar-refractivity contribution in [2.75, 3.05) is 10.6 Å². The molecule has 3 aromatic rings. The monoisotopic (exact) mass is 364 g/mol. The summed E-state index contributed by atoms with van der Waals surface area (Å²) in [6.07, 6.45) is 2.95. The maximum absolute atomic E-state index is 12.9. The van der Waals surface area contributed by atoms with Gasteiger partial charge in [-0.2, -0.15) is 5.10 Å². The second-order valence-corrected chi connectivity index (χ2v) is 6.44. The number of rotatable bonds is 7. The summed E-state index contributed by atoms with van der Waals surface area (Å²) in [5, 5.41) is 16.1. The lowest BCUT2D eigenvalue weighted by Gasteiger charge is -2.14. The zero-order valence-corrected chi connectivity index (χ0v) is 15.1. The highest BCUT2D eigenvalue weighted by atomic mass is 19.1. The minimum atomic E-state index is -0.333. The average molecular weight is 364 g/mol. The molecule has 0 saturated heterocycles. The SMILES string of the molecule is C=C(CCC(C)C(=O)Nc1ccc(F)cc1)Nc1nncc2ccccc12. The van der Waals surface area contributed by atoms with Crippen LogP contribution >= 0.6 is 0 Å². The molecule has 0 bridgehead atoms. The third-order valence-electron chi connectivity index (χ3n) is 4.30. The van der Waals surface area contributed by atoms with Crippen LogP contribution in [0.5, 0.6) is 0 Å². The number of fused-ring (bicyclic) bond motifs is 1. The van der Waals surface area contributed by atoms with Crippen LogP contribution in [0.3, 0.4) is 0 Å². The third-order valence-corrected chi connectivity index (χ3v) is 4.30. The van der Waals surface area contributed by atoms with Crippen LogP contribution in [-0.4, -0.2) is 16.1 Å². The van der Waals surface area contributed by atoms with E-state index in [1.807, 2.05) is 31.2 Å². The second-order valence-electron chi connectivity index (χ2n) is 6.44. The minimum absolute atomic E-state index is 0.112. The second kappa shape index (κ2) is 8.40. The van der Waals surface area contributed by atoms with Gasteiger partial charge in [0.05, 0.1) is 6.20 Å². The van der Waals surface area contributed by atoms with Gasteiger partial charge in [0.1, 0.15) is 5.82 Å². The molecule has 2 aromatic carbocycles. The predicted molar refractivity (Wildman–Crippen MR) is 106 cm³/mol. The molecule has 1 atom stereocenters. The van der Waals surface area contributed by atoms with Crippen LogP contribution in [0.2, 0.25) is 0 Å². The van der Waals surface area contributed by atoms with Crippen molar-refractivity contribution in [3.05, 3.63) is 72.8 Å². The molecule has 2 N–H and O–H groups in total. The fourth-order valence-electron chi connectivity index (χ4n) is 2.67. The van der Waals surface area contributed by atoms with Crippen molar-refractivity contribution >= 4 is 28.2 Å². The van der Waals surface area contributed by atoms with E-state index in [2.05, 4.69) is 27.4 Å². The summed E-state index contributed by atoms with van der Waals surface area (Å²) in [6.45, 7) is 5.88. The Kier molecular flexibility index (Phi) is 5.76. The van der Waals surface area contributed by atoms with E-state index in [0.717, 1.165) is 16.5 Å². The first-order valence-electron chi connectivity index (χ1n) is 8.74. The number of carbonyl (C=O) groups is 1. The first-order chi connectivity index (χ1) is 13.0. The summed E-state index contributed by atoms with van der Waals surface area (Å²) in [6, 6.07) is 13.6. The molecule has 5 nitrogen and oxygen atoms in total. The van der Waals surface area contributed by atoms with Gasteiger partial charge in [-0.15, -0.1) is 5.10 Å². The minimum Gasteiger partial charge on any atom is -0.342 e. The standard InChI is InChI=1S/C21H21FN4O/c1-14(21(27)25-18-11-9-17(22)10-12-18)7-8-15(2)24-20-19-6-4-3-5-16(19)13-23-26-20/h3-6,9-14H,2,7-8H2,1H3,(H,24,26)(H,25,27). The largest absolute Gasteiger partial charge is 0.342 e. The lowest BCUT2D eigenvalue weighted by Crippen LogP contribution is -2.20. The van der Waals surface area contributed by atoms with Gasteiger partial charge >= 0.3 is 0 Å². The Morgan fingerprint density at radius 3 is 2.67 bits per heavy atom. The molecule has 138 valence electrons. The Morgan fingerprint density at radius 2 is 1.89 bits per heavy atom. The van der Waals surface area contributed by atoms with Crippen LogP contribution in [0.15, 0.2) is 67.0 Å². The summed E-state index contributed by atoms with van der Waals surface area (Å²) < 4.78 is 12.9. The van der Waals surface area contributed by atoms with E-state index in [-0.39, 0.29) is 17.6 Å². The number of aromatic nitrogens is 2. The van der Waals surface area contributed by atoms with Crippen molar-refractivity contribution in [1.29, 1.82) is 0 Å². The Balaban J connectivity index is 1.53. The lowest BCUT2D eigenvalue weighted by atomic mass is 10.0. The van der Waals surface area contributed by atoms with Gasteiger partial charge in [0, 0.05) is 28.1 Å². The molecule has 0 radical (unpaired) electrons. The Bertz CT molecular complexity index is 951. The summed E-state index contributed by atoms with van der Waals surface area (Å²) in [5.41, 5.74) is 1.35. The fourth-order valence-corrected chi connectivity index (χ4v) is 2.67. The van der Waals surface area contributed by atoms with E-state index >= 15 is 0 Å². The molecule has 0 aliphatic rings. The molecule has 27 heavy (non-hydrogen) atoms. The molecular formula is C21H21FN4O. The number of anilines is 2. The van der Waals surface area contributed by atoms with E-state index in [1.165, 1.54) is 12.1 Å². The smallest absolute Gasteiger partial charge is 0.227 e. The summed E-state index contributed by atoms with van der Waals surface area (Å²) in [5.74, 6) is -0.00645. The van der Waals surface area contributed by atoms with Crippen LogP contribution in [0.4, 0.5) is 15.9 Å². The number of nitrogens with zero attached hydrogens (tertiary/aromatic N) is 2. The number of benzene rings is 2. The number of nitrogens with one attached hydrogen (secondary N) is 2. The molecule has 0 spiro atoms. The zero-order valence-electron chi connectivity index (χ0n) is 15.1. The van der Waals surface area contributed by atoms with Crippen LogP contribution < -0.4 is 10.6 Å². The topological polar surface area (TPSA) is 66.9 Å². The van der Waals surface area contributed by atoms with Crippen molar-refractivity contribution in [3.63, 3.8) is 0 Å². The van der Waals surface area contributed by atoms with E-state index in [1.54, 1.807) is 18.3 Å². The number of hydrogen-bond donors (Lipinski definition) is 2. The first-order valence-corrected chi connectivity index (χ1v) is 8.74.